The first-order chi connectivity index (χ1) is 17.0. The first-order valence-electron chi connectivity index (χ1n) is 11.5. The fourth-order valence-electron chi connectivity index (χ4n) is 3.97. The van der Waals surface area contributed by atoms with Crippen LogP contribution in [0.3, 0.4) is 0 Å². The van der Waals surface area contributed by atoms with Crippen molar-refractivity contribution in [3.8, 4) is 17.2 Å². The normalized spacial score (nSPS) is 11.7. The quantitative estimate of drug-likeness (QED) is 0.232. The van der Waals surface area contributed by atoms with E-state index in [2.05, 4.69) is 4.98 Å². The first-order valence-corrected chi connectivity index (χ1v) is 11.5. The summed E-state index contributed by atoms with van der Waals surface area (Å²) < 4.78 is 18.4. The molecule has 180 valence electrons. The zero-order valence-electron chi connectivity index (χ0n) is 20.1. The predicted octanol–water partition coefficient (Wildman–Crippen LogP) is 5.23. The maximum absolute atomic E-state index is 12.5. The third-order valence-corrected chi connectivity index (χ3v) is 5.82. The number of hydrogen-bond donors (Lipinski definition) is 0. The van der Waals surface area contributed by atoms with Crippen molar-refractivity contribution < 1.29 is 23.5 Å². The van der Waals surface area contributed by atoms with E-state index in [4.69, 9.17) is 13.9 Å². The van der Waals surface area contributed by atoms with Crippen LogP contribution in [0.15, 0.2) is 77.3 Å². The molecule has 0 aliphatic carbocycles. The smallest absolute Gasteiger partial charge is 0.329 e. The average Bonchev–Trinajstić information content (AvgIpc) is 3.51. The Labute approximate surface area is 204 Å². The average molecular weight is 473 g/mol. The minimum Gasteiger partial charge on any atom is -0.493 e. The van der Waals surface area contributed by atoms with E-state index in [1.54, 1.807) is 22.9 Å². The topological polar surface area (TPSA) is 83.6 Å². The van der Waals surface area contributed by atoms with Crippen LogP contribution in [0.4, 0.5) is 0 Å². The molecule has 0 spiro atoms. The SMILES string of the molecule is COC(=O)C(Cc1ccc(OCCc2nc(-c3ccccc3)oc2C)cc1)n1cccc1C(C)=O. The van der Waals surface area contributed by atoms with Crippen molar-refractivity contribution in [2.24, 2.45) is 0 Å². The standard InChI is InChI=1S/C28H28N2O5/c1-19(31)25-10-7-16-30(25)26(28(32)33-3)18-21-11-13-23(14-12-21)34-17-15-24-20(2)35-27(29-24)22-8-5-4-6-9-22/h4-14,16,26H,15,17-18H2,1-3H3. The van der Waals surface area contributed by atoms with Gasteiger partial charge in [0, 0.05) is 31.5 Å². The van der Waals surface area contributed by atoms with Crippen LogP contribution in [0.25, 0.3) is 11.5 Å². The number of carbonyl (C=O) groups excluding carboxylic acids is 2. The third-order valence-electron chi connectivity index (χ3n) is 5.82. The summed E-state index contributed by atoms with van der Waals surface area (Å²) in [6, 6.07) is 20.2. The molecule has 35 heavy (non-hydrogen) atoms. The van der Waals surface area contributed by atoms with E-state index in [0.29, 0.717) is 31.0 Å². The van der Waals surface area contributed by atoms with Gasteiger partial charge in [-0.2, -0.15) is 0 Å². The molecule has 4 rings (SSSR count). The minimum atomic E-state index is -0.630. The second kappa shape index (κ2) is 10.9. The highest BCUT2D eigenvalue weighted by Crippen LogP contribution is 2.23. The number of benzene rings is 2. The van der Waals surface area contributed by atoms with Crippen LogP contribution in [-0.2, 0) is 22.4 Å². The van der Waals surface area contributed by atoms with Crippen LogP contribution < -0.4 is 4.74 Å². The lowest BCUT2D eigenvalue weighted by atomic mass is 10.1. The van der Waals surface area contributed by atoms with Crippen LogP contribution in [0.1, 0.15) is 40.5 Å². The Morgan fingerprint density at radius 3 is 2.46 bits per heavy atom. The van der Waals surface area contributed by atoms with E-state index in [9.17, 15) is 9.59 Å². The van der Waals surface area contributed by atoms with E-state index in [1.165, 1.54) is 14.0 Å². The maximum atomic E-state index is 12.5. The third kappa shape index (κ3) is 5.69. The lowest BCUT2D eigenvalue weighted by Gasteiger charge is -2.19. The molecule has 0 bridgehead atoms. The van der Waals surface area contributed by atoms with Crippen molar-refractivity contribution in [3.05, 3.63) is 95.6 Å². The molecule has 7 nitrogen and oxygen atoms in total. The number of ketones is 1. The van der Waals surface area contributed by atoms with Crippen LogP contribution in [0, 0.1) is 6.92 Å². The van der Waals surface area contributed by atoms with Crippen LogP contribution >= 0.6 is 0 Å². The summed E-state index contributed by atoms with van der Waals surface area (Å²) in [5.74, 6) is 1.61. The van der Waals surface area contributed by atoms with Gasteiger partial charge in [0.1, 0.15) is 17.6 Å². The molecule has 2 aromatic carbocycles. The highest BCUT2D eigenvalue weighted by molar-refractivity contribution is 5.93. The Bertz CT molecular complexity index is 1290. The summed E-state index contributed by atoms with van der Waals surface area (Å²) >= 11 is 0. The van der Waals surface area contributed by atoms with Gasteiger partial charge in [-0.1, -0.05) is 30.3 Å². The van der Waals surface area contributed by atoms with Gasteiger partial charge in [0.25, 0.3) is 0 Å². The number of oxazole rings is 1. The van der Waals surface area contributed by atoms with Crippen molar-refractivity contribution in [1.82, 2.24) is 9.55 Å². The van der Waals surface area contributed by atoms with E-state index >= 15 is 0 Å². The molecular weight excluding hydrogens is 444 g/mol. The van der Waals surface area contributed by atoms with Gasteiger partial charge in [0.05, 0.1) is 25.1 Å². The molecule has 0 saturated heterocycles. The van der Waals surface area contributed by atoms with Crippen molar-refractivity contribution in [3.63, 3.8) is 0 Å². The number of aromatic nitrogens is 2. The molecule has 2 heterocycles. The summed E-state index contributed by atoms with van der Waals surface area (Å²) in [5.41, 5.74) is 3.21. The fraction of sp³-hybridized carbons (Fsp3) is 0.250. The number of carbonyl (C=O) groups is 2. The number of ether oxygens (including phenoxy) is 2. The summed E-state index contributed by atoms with van der Waals surface area (Å²) in [6.45, 7) is 3.84. The Morgan fingerprint density at radius 2 is 1.77 bits per heavy atom. The number of hydrogen-bond acceptors (Lipinski definition) is 6. The Kier molecular flexibility index (Phi) is 7.45. The summed E-state index contributed by atoms with van der Waals surface area (Å²) in [4.78, 5) is 29.0. The van der Waals surface area contributed by atoms with Crippen LogP contribution in [0.2, 0.25) is 0 Å². The zero-order chi connectivity index (χ0) is 24.8. The molecule has 4 aromatic rings. The molecular formula is C28H28N2O5. The van der Waals surface area contributed by atoms with Crippen molar-refractivity contribution in [2.75, 3.05) is 13.7 Å². The first kappa shape index (κ1) is 24.0. The van der Waals surface area contributed by atoms with Crippen LogP contribution in [-0.4, -0.2) is 35.0 Å². The lowest BCUT2D eigenvalue weighted by Crippen LogP contribution is -2.25. The second-order valence-electron chi connectivity index (χ2n) is 8.23. The van der Waals surface area contributed by atoms with E-state index < -0.39 is 12.0 Å². The number of nitrogens with zero attached hydrogens (tertiary/aromatic N) is 2. The lowest BCUT2D eigenvalue weighted by molar-refractivity contribution is -0.144. The molecule has 0 saturated carbocycles. The highest BCUT2D eigenvalue weighted by Gasteiger charge is 2.24. The number of aryl methyl sites for hydroxylation is 1. The Hall–Kier alpha value is -4.13. The van der Waals surface area contributed by atoms with Gasteiger partial charge in [0.15, 0.2) is 5.78 Å². The number of Topliss-reactive ketones (excluding diaryl/α,β-unsaturated/α-hetero) is 1. The Morgan fingerprint density at radius 1 is 1.03 bits per heavy atom. The predicted molar refractivity (Wildman–Crippen MR) is 132 cm³/mol. The van der Waals surface area contributed by atoms with Gasteiger partial charge >= 0.3 is 5.97 Å². The molecule has 0 radical (unpaired) electrons. The molecule has 7 heteroatoms. The number of rotatable bonds is 10. The largest absolute Gasteiger partial charge is 0.493 e. The van der Waals surface area contributed by atoms with E-state index in [-0.39, 0.29) is 5.78 Å². The molecule has 0 aliphatic heterocycles. The molecule has 0 fully saturated rings. The van der Waals surface area contributed by atoms with E-state index in [0.717, 1.165) is 28.3 Å². The molecule has 1 unspecified atom stereocenters. The molecule has 1 atom stereocenters. The van der Waals surface area contributed by atoms with E-state index in [1.807, 2.05) is 61.5 Å². The van der Waals surface area contributed by atoms with Gasteiger partial charge in [-0.25, -0.2) is 9.78 Å². The van der Waals surface area contributed by atoms with Crippen molar-refractivity contribution >= 4 is 11.8 Å². The minimum absolute atomic E-state index is 0.106. The zero-order valence-corrected chi connectivity index (χ0v) is 20.1. The van der Waals surface area contributed by atoms with Gasteiger partial charge in [-0.15, -0.1) is 0 Å². The number of methoxy groups -OCH3 is 1. The summed E-state index contributed by atoms with van der Waals surface area (Å²) in [6.07, 6.45) is 2.74. The maximum Gasteiger partial charge on any atom is 0.329 e. The summed E-state index contributed by atoms with van der Waals surface area (Å²) in [5, 5.41) is 0. The molecule has 2 aromatic heterocycles. The van der Waals surface area contributed by atoms with Crippen molar-refractivity contribution in [1.29, 1.82) is 0 Å². The summed E-state index contributed by atoms with van der Waals surface area (Å²) in [7, 11) is 1.35. The Balaban J connectivity index is 1.37. The van der Waals surface area contributed by atoms with Crippen LogP contribution in [0.5, 0.6) is 5.75 Å². The van der Waals surface area contributed by atoms with Gasteiger partial charge in [-0.05, 0) is 48.9 Å². The van der Waals surface area contributed by atoms with Gasteiger partial charge in [-0.3, -0.25) is 4.79 Å². The van der Waals surface area contributed by atoms with Gasteiger partial charge in [0.2, 0.25) is 5.89 Å². The van der Waals surface area contributed by atoms with Crippen molar-refractivity contribution in [2.45, 2.75) is 32.7 Å². The fourth-order valence-corrected chi connectivity index (χ4v) is 3.97. The molecule has 0 N–H and O–H groups in total. The molecule has 0 aliphatic rings. The monoisotopic (exact) mass is 472 g/mol. The number of esters is 1. The van der Waals surface area contributed by atoms with Gasteiger partial charge < -0.3 is 18.5 Å². The second-order valence-corrected chi connectivity index (χ2v) is 8.23. The highest BCUT2D eigenvalue weighted by atomic mass is 16.5. The molecule has 0 amide bonds.